The molecular weight excluding hydrogens is 160 g/mol. The summed E-state index contributed by atoms with van der Waals surface area (Å²) in [4.78, 5) is 0. The molecule has 0 radical (unpaired) electrons. The van der Waals surface area contributed by atoms with Crippen LogP contribution < -0.4 is 0 Å². The second-order valence-corrected chi connectivity index (χ2v) is 3.81. The summed E-state index contributed by atoms with van der Waals surface area (Å²) in [6, 6.07) is 0. The molecule has 1 aliphatic rings. The lowest BCUT2D eigenvalue weighted by molar-refractivity contribution is 0.146. The van der Waals surface area contributed by atoms with Crippen molar-refractivity contribution < 1.29 is 9.47 Å². The molecule has 1 saturated heterocycles. The molecule has 0 aromatic heterocycles. The molecule has 64 valence electrons. The van der Waals surface area contributed by atoms with E-state index in [1.165, 1.54) is 5.57 Å². The molecule has 1 fully saturated rings. The molecule has 0 N–H and O–H groups in total. The number of rotatable bonds is 3. The molecule has 2 atom stereocenters. The Hall–Kier alpha value is 0.01000. The Morgan fingerprint density at radius 2 is 2.36 bits per heavy atom. The number of hydrogen-bond acceptors (Lipinski definition) is 3. The second kappa shape index (κ2) is 4.14. The van der Waals surface area contributed by atoms with Gasteiger partial charge in [0, 0.05) is 20.0 Å². The van der Waals surface area contributed by atoms with Crippen molar-refractivity contribution in [2.24, 2.45) is 0 Å². The Kier molecular flexibility index (Phi) is 3.43. The molecule has 11 heavy (non-hydrogen) atoms. The molecular formula is C8H14O2S. The maximum atomic E-state index is 5.22. The van der Waals surface area contributed by atoms with E-state index in [0.29, 0.717) is 5.25 Å². The van der Waals surface area contributed by atoms with Crippen LogP contribution in [0.5, 0.6) is 0 Å². The molecule has 0 aliphatic carbocycles. The lowest BCUT2D eigenvalue weighted by Crippen LogP contribution is -2.16. The van der Waals surface area contributed by atoms with Gasteiger partial charge in [0.2, 0.25) is 0 Å². The maximum Gasteiger partial charge on any atom is 0.0880 e. The molecule has 0 bridgehead atoms. The zero-order valence-electron chi connectivity index (χ0n) is 7.00. The molecule has 1 rings (SSSR count). The van der Waals surface area contributed by atoms with Crippen LogP contribution in [0, 0.1) is 0 Å². The predicted molar refractivity (Wildman–Crippen MR) is 48.1 cm³/mol. The Morgan fingerprint density at radius 3 is 2.82 bits per heavy atom. The van der Waals surface area contributed by atoms with Crippen LogP contribution in [0.3, 0.4) is 0 Å². The Morgan fingerprint density at radius 1 is 1.64 bits per heavy atom. The Bertz CT molecular complexity index is 147. The summed E-state index contributed by atoms with van der Waals surface area (Å²) in [6.07, 6.45) is 0.236. The van der Waals surface area contributed by atoms with Crippen molar-refractivity contribution >= 4 is 11.8 Å². The van der Waals surface area contributed by atoms with Crippen molar-refractivity contribution in [3.05, 3.63) is 12.2 Å². The fourth-order valence-electron chi connectivity index (χ4n) is 1.15. The monoisotopic (exact) mass is 174 g/mol. The zero-order chi connectivity index (χ0) is 8.27. The third-order valence-corrected chi connectivity index (χ3v) is 3.21. The van der Waals surface area contributed by atoms with Crippen LogP contribution in [0.2, 0.25) is 0 Å². The van der Waals surface area contributed by atoms with E-state index in [0.717, 1.165) is 12.4 Å². The number of hydrogen-bond donors (Lipinski definition) is 0. The fraction of sp³-hybridized carbons (Fsp3) is 0.750. The topological polar surface area (TPSA) is 18.5 Å². The van der Waals surface area contributed by atoms with Crippen molar-refractivity contribution in [1.82, 2.24) is 0 Å². The van der Waals surface area contributed by atoms with Gasteiger partial charge in [-0.2, -0.15) is 0 Å². The first kappa shape index (κ1) is 9.10. The molecule has 2 nitrogen and oxygen atoms in total. The van der Waals surface area contributed by atoms with Crippen molar-refractivity contribution in [1.29, 1.82) is 0 Å². The van der Waals surface area contributed by atoms with Gasteiger partial charge >= 0.3 is 0 Å². The number of methoxy groups -OCH3 is 2. The summed E-state index contributed by atoms with van der Waals surface area (Å²) in [5, 5.41) is 0.435. The van der Waals surface area contributed by atoms with Gasteiger partial charge in [0.05, 0.1) is 18.0 Å². The molecule has 1 heterocycles. The minimum atomic E-state index is 0.236. The average molecular weight is 174 g/mol. The number of thioether (sulfide) groups is 1. The van der Waals surface area contributed by atoms with E-state index in [-0.39, 0.29) is 6.10 Å². The highest BCUT2D eigenvalue weighted by Crippen LogP contribution is 2.32. The van der Waals surface area contributed by atoms with Gasteiger partial charge in [-0.15, -0.1) is 11.8 Å². The second-order valence-electron chi connectivity index (χ2n) is 2.58. The van der Waals surface area contributed by atoms with Gasteiger partial charge in [0.1, 0.15) is 0 Å². The van der Waals surface area contributed by atoms with Crippen LogP contribution in [0.25, 0.3) is 0 Å². The fourth-order valence-corrected chi connectivity index (χ4v) is 2.51. The van der Waals surface area contributed by atoms with Gasteiger partial charge in [0.15, 0.2) is 0 Å². The Balaban J connectivity index is 2.42. The highest BCUT2D eigenvalue weighted by Gasteiger charge is 2.28. The summed E-state index contributed by atoms with van der Waals surface area (Å²) in [7, 11) is 3.44. The van der Waals surface area contributed by atoms with Crippen molar-refractivity contribution in [2.45, 2.75) is 11.4 Å². The first-order valence-electron chi connectivity index (χ1n) is 3.61. The van der Waals surface area contributed by atoms with Crippen molar-refractivity contribution in [3.8, 4) is 0 Å². The highest BCUT2D eigenvalue weighted by molar-refractivity contribution is 8.00. The minimum Gasteiger partial charge on any atom is -0.383 e. The van der Waals surface area contributed by atoms with Crippen LogP contribution in [-0.4, -0.2) is 37.9 Å². The van der Waals surface area contributed by atoms with Gasteiger partial charge in [-0.3, -0.25) is 0 Å². The predicted octanol–water partition coefficient (Wildman–Crippen LogP) is 1.32. The molecule has 0 amide bonds. The van der Waals surface area contributed by atoms with Gasteiger partial charge in [-0.1, -0.05) is 6.58 Å². The summed E-state index contributed by atoms with van der Waals surface area (Å²) >= 11 is 1.86. The quantitative estimate of drug-likeness (QED) is 0.601. The van der Waals surface area contributed by atoms with E-state index in [9.17, 15) is 0 Å². The molecule has 1 aliphatic heterocycles. The SMILES string of the molecule is C=C1C(OC)CSC1COC. The van der Waals surface area contributed by atoms with E-state index >= 15 is 0 Å². The molecule has 2 unspecified atom stereocenters. The van der Waals surface area contributed by atoms with Crippen molar-refractivity contribution in [3.63, 3.8) is 0 Å². The summed E-state index contributed by atoms with van der Waals surface area (Å²) in [6.45, 7) is 4.73. The lowest BCUT2D eigenvalue weighted by atomic mass is 10.1. The van der Waals surface area contributed by atoms with Gasteiger partial charge in [-0.05, 0) is 5.57 Å². The molecule has 3 heteroatoms. The first-order valence-corrected chi connectivity index (χ1v) is 4.66. The summed E-state index contributed by atoms with van der Waals surface area (Å²) < 4.78 is 10.3. The standard InChI is InChI=1S/C8H14O2S/c1-6-7(10-3)5-11-8(6)4-9-2/h7-8H,1,4-5H2,2-3H3. The molecule has 0 spiro atoms. The van der Waals surface area contributed by atoms with E-state index in [2.05, 4.69) is 6.58 Å². The van der Waals surface area contributed by atoms with E-state index in [1.807, 2.05) is 11.8 Å². The molecule has 0 aromatic rings. The molecule has 0 saturated carbocycles. The van der Waals surface area contributed by atoms with Crippen molar-refractivity contribution in [2.75, 3.05) is 26.6 Å². The van der Waals surface area contributed by atoms with Crippen LogP contribution in [0.4, 0.5) is 0 Å². The van der Waals surface area contributed by atoms with E-state index < -0.39 is 0 Å². The third kappa shape index (κ3) is 1.98. The largest absolute Gasteiger partial charge is 0.383 e. The maximum absolute atomic E-state index is 5.22. The lowest BCUT2D eigenvalue weighted by Gasteiger charge is -2.11. The number of ether oxygens (including phenoxy) is 2. The van der Waals surface area contributed by atoms with Gasteiger partial charge in [0.25, 0.3) is 0 Å². The third-order valence-electron chi connectivity index (χ3n) is 1.88. The molecule has 0 aromatic carbocycles. The first-order chi connectivity index (χ1) is 5.29. The summed E-state index contributed by atoms with van der Waals surface area (Å²) in [5.41, 5.74) is 1.17. The van der Waals surface area contributed by atoms with Crippen LogP contribution in [0.15, 0.2) is 12.2 Å². The van der Waals surface area contributed by atoms with Crippen LogP contribution in [0.1, 0.15) is 0 Å². The Labute approximate surface area is 71.9 Å². The van der Waals surface area contributed by atoms with E-state index in [4.69, 9.17) is 9.47 Å². The smallest absolute Gasteiger partial charge is 0.0880 e. The van der Waals surface area contributed by atoms with E-state index in [1.54, 1.807) is 14.2 Å². The zero-order valence-corrected chi connectivity index (χ0v) is 7.82. The van der Waals surface area contributed by atoms with Crippen LogP contribution in [-0.2, 0) is 9.47 Å². The average Bonchev–Trinajstić information content (AvgIpc) is 2.34. The normalized spacial score (nSPS) is 31.3. The van der Waals surface area contributed by atoms with Gasteiger partial charge in [-0.25, -0.2) is 0 Å². The van der Waals surface area contributed by atoms with Gasteiger partial charge < -0.3 is 9.47 Å². The minimum absolute atomic E-state index is 0.236. The summed E-state index contributed by atoms with van der Waals surface area (Å²) in [5.74, 6) is 1.02. The highest BCUT2D eigenvalue weighted by atomic mass is 32.2. The van der Waals surface area contributed by atoms with Crippen LogP contribution >= 0.6 is 11.8 Å².